The number of aliphatic hydroxyl groups excluding tert-OH is 1. The summed E-state index contributed by atoms with van der Waals surface area (Å²) in [4.78, 5) is 35.4. The lowest BCUT2D eigenvalue weighted by atomic mass is 9.86. The van der Waals surface area contributed by atoms with E-state index in [1.165, 1.54) is 0 Å². The van der Waals surface area contributed by atoms with Gasteiger partial charge in [0.15, 0.2) is 12.0 Å². The van der Waals surface area contributed by atoms with Crippen molar-refractivity contribution in [3.8, 4) is 0 Å². The first-order valence-electron chi connectivity index (χ1n) is 10.6. The Bertz CT molecular complexity index is 531. The van der Waals surface area contributed by atoms with Crippen LogP contribution in [0, 0.1) is 11.8 Å². The van der Waals surface area contributed by atoms with Gasteiger partial charge in [-0.05, 0) is 44.9 Å². The quantitative estimate of drug-likeness (QED) is 0.271. The molecule has 5 nitrogen and oxygen atoms in total. The standard InChI is InChI=1S/C22H35FO5/c1-3-5-11-18(23)19(24)14-13-17-16(20(25)15-21(17)26)10-8-6-7-9-12-22(27)28-4-2/h6,8,16-18,21,26H,3-5,7,9-15H2,1-2H3/b8-6-. The molecule has 0 bridgehead atoms. The molecule has 1 aliphatic carbocycles. The Labute approximate surface area is 167 Å². The van der Waals surface area contributed by atoms with Crippen LogP contribution in [0.4, 0.5) is 4.39 Å². The molecule has 0 aromatic heterocycles. The van der Waals surface area contributed by atoms with Gasteiger partial charge in [-0.25, -0.2) is 4.39 Å². The summed E-state index contributed by atoms with van der Waals surface area (Å²) in [6, 6.07) is 0. The molecule has 160 valence electrons. The van der Waals surface area contributed by atoms with Crippen LogP contribution in [-0.4, -0.2) is 41.5 Å². The van der Waals surface area contributed by atoms with Crippen LogP contribution < -0.4 is 0 Å². The Morgan fingerprint density at radius 1 is 1.25 bits per heavy atom. The number of halogens is 1. The molecule has 0 amide bonds. The van der Waals surface area contributed by atoms with Gasteiger partial charge in [-0.1, -0.05) is 31.9 Å². The number of alkyl halides is 1. The number of unbranched alkanes of at least 4 members (excludes halogenated alkanes) is 2. The molecule has 6 heteroatoms. The second kappa shape index (κ2) is 13.6. The molecule has 0 saturated heterocycles. The summed E-state index contributed by atoms with van der Waals surface area (Å²) < 4.78 is 18.7. The van der Waals surface area contributed by atoms with E-state index < -0.39 is 18.1 Å². The normalized spacial score (nSPS) is 23.3. The number of ether oxygens (including phenoxy) is 1. The van der Waals surface area contributed by atoms with E-state index in [9.17, 15) is 23.9 Å². The molecule has 1 rings (SSSR count). The SMILES string of the molecule is CCCCC(F)C(=O)CCC1C(O)CC(=O)C1C/C=C\CCCC(=O)OCC. The van der Waals surface area contributed by atoms with Crippen molar-refractivity contribution >= 4 is 17.5 Å². The largest absolute Gasteiger partial charge is 0.466 e. The predicted molar refractivity (Wildman–Crippen MR) is 106 cm³/mol. The third-order valence-electron chi connectivity index (χ3n) is 5.33. The van der Waals surface area contributed by atoms with Gasteiger partial charge in [0.05, 0.1) is 12.7 Å². The van der Waals surface area contributed by atoms with E-state index in [2.05, 4.69) is 0 Å². The van der Waals surface area contributed by atoms with Gasteiger partial charge in [0.1, 0.15) is 5.78 Å². The maximum Gasteiger partial charge on any atom is 0.305 e. The number of aliphatic hydroxyl groups is 1. The van der Waals surface area contributed by atoms with Crippen LogP contribution in [0.25, 0.3) is 0 Å². The van der Waals surface area contributed by atoms with Gasteiger partial charge < -0.3 is 9.84 Å². The van der Waals surface area contributed by atoms with Crippen LogP contribution in [0.15, 0.2) is 12.2 Å². The van der Waals surface area contributed by atoms with Crippen LogP contribution in [-0.2, 0) is 19.1 Å². The van der Waals surface area contributed by atoms with E-state index >= 15 is 0 Å². The van der Waals surface area contributed by atoms with Crippen LogP contribution in [0.2, 0.25) is 0 Å². The number of hydrogen-bond acceptors (Lipinski definition) is 5. The molecule has 4 atom stereocenters. The molecule has 0 heterocycles. The van der Waals surface area contributed by atoms with Crippen molar-refractivity contribution in [2.75, 3.05) is 6.61 Å². The Hall–Kier alpha value is -1.56. The smallest absolute Gasteiger partial charge is 0.305 e. The Morgan fingerprint density at radius 2 is 2.00 bits per heavy atom. The number of esters is 1. The average molecular weight is 399 g/mol. The summed E-state index contributed by atoms with van der Waals surface area (Å²) in [5.74, 6) is -1.24. The lowest BCUT2D eigenvalue weighted by Gasteiger charge is -2.20. The van der Waals surface area contributed by atoms with Crippen molar-refractivity contribution in [1.29, 1.82) is 0 Å². The minimum atomic E-state index is -1.44. The summed E-state index contributed by atoms with van der Waals surface area (Å²) in [7, 11) is 0. The third-order valence-corrected chi connectivity index (χ3v) is 5.33. The number of hydrogen-bond donors (Lipinski definition) is 1. The number of Topliss-reactive ketones (excluding diaryl/α,β-unsaturated/α-hetero) is 2. The first kappa shape index (κ1) is 24.5. The molecule has 0 aliphatic heterocycles. The van der Waals surface area contributed by atoms with Crippen molar-refractivity contribution in [3.05, 3.63) is 12.2 Å². The van der Waals surface area contributed by atoms with E-state index in [4.69, 9.17) is 4.74 Å². The van der Waals surface area contributed by atoms with Gasteiger partial charge in [-0.3, -0.25) is 14.4 Å². The zero-order chi connectivity index (χ0) is 20.9. The highest BCUT2D eigenvalue weighted by molar-refractivity contribution is 5.85. The Kier molecular flexibility index (Phi) is 11.9. The van der Waals surface area contributed by atoms with Gasteiger partial charge in [-0.15, -0.1) is 0 Å². The van der Waals surface area contributed by atoms with Crippen LogP contribution in [0.3, 0.4) is 0 Å². The highest BCUT2D eigenvalue weighted by atomic mass is 19.1. The summed E-state index contributed by atoms with van der Waals surface area (Å²) in [6.07, 6.45) is 6.21. The maximum atomic E-state index is 13.8. The third kappa shape index (κ3) is 8.63. The molecule has 0 spiro atoms. The fourth-order valence-corrected chi connectivity index (χ4v) is 3.68. The zero-order valence-electron chi connectivity index (χ0n) is 17.2. The average Bonchev–Trinajstić information content (AvgIpc) is 2.93. The van der Waals surface area contributed by atoms with Gasteiger partial charge in [0.2, 0.25) is 0 Å². The number of carbonyl (C=O) groups excluding carboxylic acids is 3. The molecular weight excluding hydrogens is 363 g/mol. The summed E-state index contributed by atoms with van der Waals surface area (Å²) in [6.45, 7) is 4.10. The van der Waals surface area contributed by atoms with Gasteiger partial charge >= 0.3 is 5.97 Å². The van der Waals surface area contributed by atoms with Crippen molar-refractivity contribution in [3.63, 3.8) is 0 Å². The molecule has 1 saturated carbocycles. The van der Waals surface area contributed by atoms with Gasteiger partial charge in [0.25, 0.3) is 0 Å². The molecule has 4 unspecified atom stereocenters. The van der Waals surface area contributed by atoms with Crippen molar-refractivity contribution in [2.45, 2.75) is 90.3 Å². The molecule has 1 aliphatic rings. The predicted octanol–water partition coefficient (Wildman–Crippen LogP) is 4.11. The van der Waals surface area contributed by atoms with E-state index in [1.54, 1.807) is 6.92 Å². The molecule has 1 fully saturated rings. The van der Waals surface area contributed by atoms with E-state index in [0.717, 1.165) is 6.42 Å². The lowest BCUT2D eigenvalue weighted by Crippen LogP contribution is -2.23. The van der Waals surface area contributed by atoms with Crippen molar-refractivity contribution in [2.24, 2.45) is 11.8 Å². The molecule has 1 N–H and O–H groups in total. The minimum Gasteiger partial charge on any atom is -0.466 e. The van der Waals surface area contributed by atoms with E-state index in [-0.39, 0.29) is 42.9 Å². The molecule has 0 aromatic carbocycles. The summed E-state index contributed by atoms with van der Waals surface area (Å²) in [5.41, 5.74) is 0. The Morgan fingerprint density at radius 3 is 2.68 bits per heavy atom. The number of rotatable bonds is 14. The second-order valence-corrected chi connectivity index (χ2v) is 7.53. The number of carbonyl (C=O) groups is 3. The molecular formula is C22H35FO5. The Balaban J connectivity index is 2.42. The van der Waals surface area contributed by atoms with Crippen molar-refractivity contribution < 1.29 is 28.6 Å². The topological polar surface area (TPSA) is 80.7 Å². The lowest BCUT2D eigenvalue weighted by molar-refractivity contribution is -0.143. The number of ketones is 2. The fraction of sp³-hybridized carbons (Fsp3) is 0.773. The minimum absolute atomic E-state index is 0.00361. The molecule has 0 radical (unpaired) electrons. The summed E-state index contributed by atoms with van der Waals surface area (Å²) >= 11 is 0. The van der Waals surface area contributed by atoms with E-state index in [1.807, 2.05) is 19.1 Å². The number of allylic oxidation sites excluding steroid dienone is 2. The van der Waals surface area contributed by atoms with Crippen LogP contribution in [0.1, 0.15) is 78.1 Å². The highest BCUT2D eigenvalue weighted by Crippen LogP contribution is 2.35. The molecule has 0 aromatic rings. The summed E-state index contributed by atoms with van der Waals surface area (Å²) in [5, 5.41) is 10.2. The first-order chi connectivity index (χ1) is 13.4. The monoisotopic (exact) mass is 398 g/mol. The molecule has 28 heavy (non-hydrogen) atoms. The first-order valence-corrected chi connectivity index (χ1v) is 10.6. The van der Waals surface area contributed by atoms with Crippen LogP contribution in [0.5, 0.6) is 0 Å². The fourth-order valence-electron chi connectivity index (χ4n) is 3.68. The van der Waals surface area contributed by atoms with Gasteiger partial charge in [0, 0.05) is 25.2 Å². The van der Waals surface area contributed by atoms with Crippen LogP contribution >= 0.6 is 0 Å². The zero-order valence-corrected chi connectivity index (χ0v) is 17.2. The highest BCUT2D eigenvalue weighted by Gasteiger charge is 2.40. The van der Waals surface area contributed by atoms with E-state index in [0.29, 0.717) is 45.1 Å². The van der Waals surface area contributed by atoms with Gasteiger partial charge in [-0.2, -0.15) is 0 Å². The maximum absolute atomic E-state index is 13.8. The van der Waals surface area contributed by atoms with Crippen molar-refractivity contribution in [1.82, 2.24) is 0 Å². The second-order valence-electron chi connectivity index (χ2n) is 7.53.